The molecule has 1 aliphatic rings. The zero-order chi connectivity index (χ0) is 9.54. The summed E-state index contributed by atoms with van der Waals surface area (Å²) in [5.74, 6) is 1.71. The van der Waals surface area contributed by atoms with E-state index in [-0.39, 0.29) is 0 Å². The highest BCUT2D eigenvalue weighted by Crippen LogP contribution is 2.41. The Morgan fingerprint density at radius 1 is 1.50 bits per heavy atom. The Balaban J connectivity index is 1.99. The molecule has 0 amide bonds. The molecule has 3 nitrogen and oxygen atoms in total. The van der Waals surface area contributed by atoms with Crippen LogP contribution in [0.2, 0.25) is 0 Å². The van der Waals surface area contributed by atoms with Gasteiger partial charge in [-0.05, 0) is 12.8 Å². The molecule has 0 bridgehead atoms. The summed E-state index contributed by atoms with van der Waals surface area (Å²) in [6, 6.07) is 0. The first-order valence-corrected chi connectivity index (χ1v) is 5.65. The predicted molar refractivity (Wildman–Crippen MR) is 56.3 cm³/mol. The Hall–Kier alpha value is -1.16. The maximum Gasteiger partial charge on any atom is 0.168 e. The van der Waals surface area contributed by atoms with Crippen LogP contribution in [0.3, 0.4) is 0 Å². The van der Waals surface area contributed by atoms with E-state index < -0.39 is 0 Å². The highest BCUT2D eigenvalue weighted by Gasteiger charge is 2.26. The smallest absolute Gasteiger partial charge is 0.168 e. The first kappa shape index (κ1) is 8.17. The van der Waals surface area contributed by atoms with Crippen LogP contribution >= 0.6 is 11.3 Å². The number of thiazole rings is 1. The summed E-state index contributed by atoms with van der Waals surface area (Å²) < 4.78 is 2.01. The summed E-state index contributed by atoms with van der Waals surface area (Å²) >= 11 is 1.70. The number of aromatic nitrogens is 3. The molecule has 14 heavy (non-hydrogen) atoms. The SMILES string of the molecule is Cn1ccnc1-c1nc(C2CC2)cs1. The molecule has 3 rings (SSSR count). The summed E-state index contributed by atoms with van der Waals surface area (Å²) in [6.45, 7) is 0. The molecule has 2 aromatic heterocycles. The largest absolute Gasteiger partial charge is 0.332 e. The van der Waals surface area contributed by atoms with Gasteiger partial charge in [0.15, 0.2) is 10.8 Å². The fraction of sp³-hybridized carbons (Fsp3) is 0.400. The number of imidazole rings is 1. The number of aryl methyl sites for hydroxylation is 1. The van der Waals surface area contributed by atoms with Gasteiger partial charge in [0.05, 0.1) is 5.69 Å². The minimum atomic E-state index is 0.736. The summed E-state index contributed by atoms with van der Waals surface area (Å²) in [6.07, 6.45) is 6.38. The second-order valence-corrected chi connectivity index (χ2v) is 4.57. The minimum Gasteiger partial charge on any atom is -0.332 e. The van der Waals surface area contributed by atoms with E-state index in [2.05, 4.69) is 15.3 Å². The van der Waals surface area contributed by atoms with Crippen LogP contribution in [0.25, 0.3) is 10.8 Å². The van der Waals surface area contributed by atoms with E-state index >= 15 is 0 Å². The lowest BCUT2D eigenvalue weighted by atomic mass is 10.3. The third kappa shape index (κ3) is 1.26. The van der Waals surface area contributed by atoms with Gasteiger partial charge in [0, 0.05) is 30.7 Å². The Morgan fingerprint density at radius 3 is 3.00 bits per heavy atom. The molecule has 0 spiro atoms. The normalized spacial score (nSPS) is 16.1. The van der Waals surface area contributed by atoms with Crippen molar-refractivity contribution in [1.29, 1.82) is 0 Å². The van der Waals surface area contributed by atoms with Crippen LogP contribution in [0.5, 0.6) is 0 Å². The van der Waals surface area contributed by atoms with Gasteiger partial charge in [-0.15, -0.1) is 11.3 Å². The second-order valence-electron chi connectivity index (χ2n) is 3.71. The Bertz CT molecular complexity index is 453. The van der Waals surface area contributed by atoms with E-state index in [1.165, 1.54) is 18.5 Å². The van der Waals surface area contributed by atoms with Gasteiger partial charge >= 0.3 is 0 Å². The first-order valence-electron chi connectivity index (χ1n) is 4.78. The summed E-state index contributed by atoms with van der Waals surface area (Å²) in [4.78, 5) is 8.90. The molecular formula is C10H11N3S. The summed E-state index contributed by atoms with van der Waals surface area (Å²) in [7, 11) is 2.00. The van der Waals surface area contributed by atoms with E-state index in [4.69, 9.17) is 0 Å². The zero-order valence-electron chi connectivity index (χ0n) is 7.97. The van der Waals surface area contributed by atoms with E-state index in [1.54, 1.807) is 11.3 Å². The van der Waals surface area contributed by atoms with Crippen LogP contribution in [0.1, 0.15) is 24.5 Å². The van der Waals surface area contributed by atoms with Crippen molar-refractivity contribution in [2.24, 2.45) is 7.05 Å². The van der Waals surface area contributed by atoms with Gasteiger partial charge in [-0.25, -0.2) is 9.97 Å². The van der Waals surface area contributed by atoms with Crippen molar-refractivity contribution in [3.63, 3.8) is 0 Å². The van der Waals surface area contributed by atoms with Crippen molar-refractivity contribution in [2.45, 2.75) is 18.8 Å². The lowest BCUT2D eigenvalue weighted by Gasteiger charge is -1.95. The summed E-state index contributed by atoms with van der Waals surface area (Å²) in [5, 5.41) is 3.21. The highest BCUT2D eigenvalue weighted by molar-refractivity contribution is 7.13. The average molecular weight is 205 g/mol. The van der Waals surface area contributed by atoms with E-state index in [1.807, 2.05) is 24.0 Å². The highest BCUT2D eigenvalue weighted by atomic mass is 32.1. The fourth-order valence-electron chi connectivity index (χ4n) is 1.53. The monoisotopic (exact) mass is 205 g/mol. The molecule has 1 fully saturated rings. The van der Waals surface area contributed by atoms with Gasteiger partial charge in [0.1, 0.15) is 0 Å². The molecule has 1 aliphatic carbocycles. The van der Waals surface area contributed by atoms with Crippen molar-refractivity contribution in [3.8, 4) is 10.8 Å². The van der Waals surface area contributed by atoms with Crippen LogP contribution < -0.4 is 0 Å². The molecule has 4 heteroatoms. The molecule has 72 valence electrons. The van der Waals surface area contributed by atoms with E-state index in [0.29, 0.717) is 0 Å². The van der Waals surface area contributed by atoms with E-state index in [9.17, 15) is 0 Å². The van der Waals surface area contributed by atoms with Crippen molar-refractivity contribution in [3.05, 3.63) is 23.5 Å². The number of hydrogen-bond donors (Lipinski definition) is 0. The van der Waals surface area contributed by atoms with Crippen molar-refractivity contribution in [2.75, 3.05) is 0 Å². The quantitative estimate of drug-likeness (QED) is 0.753. The standard InChI is InChI=1S/C10H11N3S/c1-13-5-4-11-9(13)10-12-8(6-14-10)7-2-3-7/h4-7H,2-3H2,1H3. The Labute approximate surface area is 86.4 Å². The Kier molecular flexibility index (Phi) is 1.70. The molecule has 0 unspecified atom stereocenters. The van der Waals surface area contributed by atoms with Crippen molar-refractivity contribution < 1.29 is 0 Å². The van der Waals surface area contributed by atoms with Crippen LogP contribution in [0, 0.1) is 0 Å². The lowest BCUT2D eigenvalue weighted by Crippen LogP contribution is -1.90. The topological polar surface area (TPSA) is 30.7 Å². The van der Waals surface area contributed by atoms with Crippen LogP contribution in [0.4, 0.5) is 0 Å². The van der Waals surface area contributed by atoms with Gasteiger partial charge in [-0.2, -0.15) is 0 Å². The summed E-state index contributed by atoms with van der Waals surface area (Å²) in [5.41, 5.74) is 1.26. The average Bonchev–Trinajstić information content (AvgIpc) is 2.75. The van der Waals surface area contributed by atoms with Gasteiger partial charge in [-0.1, -0.05) is 0 Å². The lowest BCUT2D eigenvalue weighted by molar-refractivity contribution is 0.918. The minimum absolute atomic E-state index is 0.736. The zero-order valence-corrected chi connectivity index (χ0v) is 8.79. The second kappa shape index (κ2) is 2.92. The van der Waals surface area contributed by atoms with Crippen molar-refractivity contribution >= 4 is 11.3 Å². The number of rotatable bonds is 2. The van der Waals surface area contributed by atoms with Gasteiger partial charge in [0.25, 0.3) is 0 Å². The number of hydrogen-bond acceptors (Lipinski definition) is 3. The maximum absolute atomic E-state index is 4.61. The molecule has 2 heterocycles. The fourth-order valence-corrected chi connectivity index (χ4v) is 2.46. The maximum atomic E-state index is 4.61. The van der Waals surface area contributed by atoms with E-state index in [0.717, 1.165) is 16.7 Å². The molecule has 0 aliphatic heterocycles. The van der Waals surface area contributed by atoms with Crippen LogP contribution in [-0.4, -0.2) is 14.5 Å². The predicted octanol–water partition coefficient (Wildman–Crippen LogP) is 2.42. The molecule has 0 saturated heterocycles. The molecule has 0 atom stereocenters. The van der Waals surface area contributed by atoms with Gasteiger partial charge < -0.3 is 4.57 Å². The van der Waals surface area contributed by atoms with Crippen LogP contribution in [0.15, 0.2) is 17.8 Å². The van der Waals surface area contributed by atoms with Crippen LogP contribution in [-0.2, 0) is 7.05 Å². The molecule has 2 aromatic rings. The first-order chi connectivity index (χ1) is 6.84. The molecular weight excluding hydrogens is 194 g/mol. The molecule has 1 saturated carbocycles. The number of nitrogens with zero attached hydrogens (tertiary/aromatic N) is 3. The molecule has 0 radical (unpaired) electrons. The molecule has 0 aromatic carbocycles. The Morgan fingerprint density at radius 2 is 2.36 bits per heavy atom. The van der Waals surface area contributed by atoms with Gasteiger partial charge in [-0.3, -0.25) is 0 Å². The van der Waals surface area contributed by atoms with Crippen molar-refractivity contribution in [1.82, 2.24) is 14.5 Å². The third-order valence-electron chi connectivity index (χ3n) is 2.53. The third-order valence-corrected chi connectivity index (χ3v) is 3.39. The van der Waals surface area contributed by atoms with Gasteiger partial charge in [0.2, 0.25) is 0 Å². The molecule has 0 N–H and O–H groups in total.